The minimum atomic E-state index is -3.75. The fourth-order valence-corrected chi connectivity index (χ4v) is 7.47. The Hall–Kier alpha value is -2.75. The van der Waals surface area contributed by atoms with Crippen LogP contribution in [0.2, 0.25) is 0 Å². The second-order valence-electron chi connectivity index (χ2n) is 10.8. The van der Waals surface area contributed by atoms with E-state index >= 15 is 0 Å². The maximum Gasteiger partial charge on any atom is 0.243 e. The van der Waals surface area contributed by atoms with Gasteiger partial charge in [-0.05, 0) is 93.1 Å². The molecule has 2 aromatic rings. The number of sulfonamides is 1. The summed E-state index contributed by atoms with van der Waals surface area (Å²) >= 11 is 0. The summed E-state index contributed by atoms with van der Waals surface area (Å²) in [5.74, 6) is -0.586. The van der Waals surface area contributed by atoms with Gasteiger partial charge in [0.15, 0.2) is 0 Å². The number of carbonyl (C=O) groups is 2. The fourth-order valence-electron chi connectivity index (χ4n) is 5.90. The van der Waals surface area contributed by atoms with Crippen LogP contribution < -0.4 is 10.2 Å². The quantitative estimate of drug-likeness (QED) is 0.600. The zero-order chi connectivity index (χ0) is 26.7. The summed E-state index contributed by atoms with van der Waals surface area (Å²) in [4.78, 5) is 29.5. The molecular weight excluding hydrogens is 500 g/mol. The van der Waals surface area contributed by atoms with E-state index < -0.39 is 15.9 Å². The number of hydrogen-bond donors (Lipinski definition) is 1. The average Bonchev–Trinajstić information content (AvgIpc) is 2.94. The standard InChI is InChI=1S/C29H38N4O4S/c1-22(34)33-18-6-7-24-19-27(13-14-28(24)33)38(36,37)32-17-5-8-25(21-32)29(35)30-26-11-9-23(10-12-26)20-31-15-3-2-4-16-31/h9-14,19,25H,2-8,15-18,20-21H2,1H3,(H,30,35)/t25-/m1/s1. The number of rotatable bonds is 6. The van der Waals surface area contributed by atoms with E-state index in [0.717, 1.165) is 49.4 Å². The minimum absolute atomic E-state index is 0.0388. The average molecular weight is 539 g/mol. The lowest BCUT2D eigenvalue weighted by Gasteiger charge is -2.32. The maximum absolute atomic E-state index is 13.5. The molecule has 0 aromatic heterocycles. The van der Waals surface area contributed by atoms with Gasteiger partial charge in [-0.2, -0.15) is 4.31 Å². The molecule has 38 heavy (non-hydrogen) atoms. The molecule has 2 fully saturated rings. The van der Waals surface area contributed by atoms with E-state index in [2.05, 4.69) is 22.3 Å². The second-order valence-corrected chi connectivity index (χ2v) is 12.7. The Bertz CT molecular complexity index is 1270. The van der Waals surface area contributed by atoms with Gasteiger partial charge >= 0.3 is 0 Å². The SMILES string of the molecule is CC(=O)N1CCCc2cc(S(=O)(=O)N3CCC[C@@H](C(=O)Nc4ccc(CN5CCCCC5)cc4)C3)ccc21. The first-order chi connectivity index (χ1) is 18.3. The van der Waals surface area contributed by atoms with Gasteiger partial charge in [-0.25, -0.2) is 8.42 Å². The van der Waals surface area contributed by atoms with E-state index in [9.17, 15) is 18.0 Å². The Labute approximate surface area is 226 Å². The number of likely N-dealkylation sites (tertiary alicyclic amines) is 1. The summed E-state index contributed by atoms with van der Waals surface area (Å²) < 4.78 is 28.5. The first kappa shape index (κ1) is 26.8. The summed E-state index contributed by atoms with van der Waals surface area (Å²) in [7, 11) is -3.75. The number of amides is 2. The number of nitrogens with zero attached hydrogens (tertiary/aromatic N) is 3. The molecule has 1 N–H and O–H groups in total. The first-order valence-corrected chi connectivity index (χ1v) is 15.3. The molecule has 8 nitrogen and oxygen atoms in total. The van der Waals surface area contributed by atoms with Gasteiger partial charge in [0.05, 0.1) is 10.8 Å². The highest BCUT2D eigenvalue weighted by Gasteiger charge is 2.34. The largest absolute Gasteiger partial charge is 0.326 e. The molecule has 204 valence electrons. The molecule has 3 aliphatic heterocycles. The Morgan fingerprint density at radius 2 is 1.68 bits per heavy atom. The van der Waals surface area contributed by atoms with Crippen LogP contribution in [0.15, 0.2) is 47.4 Å². The van der Waals surface area contributed by atoms with Gasteiger partial charge in [0.2, 0.25) is 21.8 Å². The smallest absolute Gasteiger partial charge is 0.243 e. The van der Waals surface area contributed by atoms with Gasteiger partial charge in [-0.3, -0.25) is 14.5 Å². The van der Waals surface area contributed by atoms with Crippen molar-refractivity contribution in [3.8, 4) is 0 Å². The fraction of sp³-hybridized carbons (Fsp3) is 0.517. The molecule has 2 aromatic carbocycles. The molecule has 3 heterocycles. The highest BCUT2D eigenvalue weighted by Crippen LogP contribution is 2.32. The normalized spacial score (nSPS) is 21.1. The summed E-state index contributed by atoms with van der Waals surface area (Å²) in [6.45, 7) is 5.95. The van der Waals surface area contributed by atoms with E-state index in [-0.39, 0.29) is 23.3 Å². The van der Waals surface area contributed by atoms with Crippen LogP contribution in [0.3, 0.4) is 0 Å². The Morgan fingerprint density at radius 3 is 2.42 bits per heavy atom. The van der Waals surface area contributed by atoms with Crippen LogP contribution in [-0.2, 0) is 32.6 Å². The summed E-state index contributed by atoms with van der Waals surface area (Å²) in [5.41, 5.74) is 3.64. The van der Waals surface area contributed by atoms with Crippen molar-refractivity contribution in [3.63, 3.8) is 0 Å². The third-order valence-electron chi connectivity index (χ3n) is 8.02. The zero-order valence-corrected chi connectivity index (χ0v) is 23.0. The molecule has 9 heteroatoms. The Balaban J connectivity index is 1.22. The second kappa shape index (κ2) is 11.6. The molecule has 0 spiro atoms. The Kier molecular flexibility index (Phi) is 8.16. The molecule has 0 unspecified atom stereocenters. The van der Waals surface area contributed by atoms with Gasteiger partial charge in [0.1, 0.15) is 0 Å². The molecule has 0 bridgehead atoms. The van der Waals surface area contributed by atoms with E-state index in [4.69, 9.17) is 0 Å². The molecule has 2 amide bonds. The number of aryl methyl sites for hydroxylation is 1. The highest BCUT2D eigenvalue weighted by molar-refractivity contribution is 7.89. The van der Waals surface area contributed by atoms with Crippen LogP contribution in [0.5, 0.6) is 0 Å². The van der Waals surface area contributed by atoms with Crippen molar-refractivity contribution in [3.05, 3.63) is 53.6 Å². The monoisotopic (exact) mass is 538 g/mol. The van der Waals surface area contributed by atoms with E-state index in [0.29, 0.717) is 25.9 Å². The zero-order valence-electron chi connectivity index (χ0n) is 22.2. The topological polar surface area (TPSA) is 90.0 Å². The number of anilines is 2. The van der Waals surface area contributed by atoms with Gasteiger partial charge in [-0.15, -0.1) is 0 Å². The number of fused-ring (bicyclic) bond motifs is 1. The lowest BCUT2D eigenvalue weighted by molar-refractivity contribution is -0.121. The van der Waals surface area contributed by atoms with Crippen molar-refractivity contribution in [2.24, 2.45) is 5.92 Å². The van der Waals surface area contributed by atoms with Crippen LogP contribution >= 0.6 is 0 Å². The van der Waals surface area contributed by atoms with E-state index in [1.54, 1.807) is 23.1 Å². The van der Waals surface area contributed by atoms with Crippen molar-refractivity contribution < 1.29 is 18.0 Å². The van der Waals surface area contributed by atoms with Crippen LogP contribution in [0, 0.1) is 5.92 Å². The van der Waals surface area contributed by atoms with Crippen molar-refractivity contribution in [2.45, 2.75) is 63.3 Å². The van der Waals surface area contributed by atoms with Gasteiger partial charge < -0.3 is 10.2 Å². The van der Waals surface area contributed by atoms with Crippen molar-refractivity contribution >= 4 is 33.2 Å². The number of hydrogen-bond acceptors (Lipinski definition) is 5. The molecule has 0 saturated carbocycles. The van der Waals surface area contributed by atoms with Crippen molar-refractivity contribution in [2.75, 3.05) is 42.9 Å². The number of carbonyl (C=O) groups excluding carboxylic acids is 2. The van der Waals surface area contributed by atoms with Crippen LogP contribution in [0.4, 0.5) is 11.4 Å². The Morgan fingerprint density at radius 1 is 0.921 bits per heavy atom. The summed E-state index contributed by atoms with van der Waals surface area (Å²) in [6, 6.07) is 13.0. The summed E-state index contributed by atoms with van der Waals surface area (Å²) in [6.07, 6.45) is 6.67. The van der Waals surface area contributed by atoms with E-state index in [1.165, 1.54) is 36.1 Å². The van der Waals surface area contributed by atoms with Crippen LogP contribution in [0.25, 0.3) is 0 Å². The minimum Gasteiger partial charge on any atom is -0.326 e. The molecule has 1 atom stereocenters. The van der Waals surface area contributed by atoms with E-state index in [1.807, 2.05) is 12.1 Å². The van der Waals surface area contributed by atoms with Crippen molar-refractivity contribution in [1.29, 1.82) is 0 Å². The number of benzene rings is 2. The highest BCUT2D eigenvalue weighted by atomic mass is 32.2. The molecular formula is C29H38N4O4S. The third-order valence-corrected chi connectivity index (χ3v) is 9.88. The number of nitrogens with one attached hydrogen (secondary N) is 1. The first-order valence-electron chi connectivity index (χ1n) is 13.8. The number of piperidine rings is 2. The lowest BCUT2D eigenvalue weighted by Crippen LogP contribution is -2.43. The summed E-state index contributed by atoms with van der Waals surface area (Å²) in [5, 5.41) is 3.00. The third kappa shape index (κ3) is 5.95. The van der Waals surface area contributed by atoms with Gasteiger partial charge in [0, 0.05) is 44.5 Å². The maximum atomic E-state index is 13.5. The lowest BCUT2D eigenvalue weighted by atomic mass is 9.98. The van der Waals surface area contributed by atoms with Gasteiger partial charge in [0.25, 0.3) is 0 Å². The molecule has 0 aliphatic carbocycles. The van der Waals surface area contributed by atoms with Crippen LogP contribution in [-0.4, -0.2) is 62.2 Å². The molecule has 5 rings (SSSR count). The van der Waals surface area contributed by atoms with Crippen molar-refractivity contribution in [1.82, 2.24) is 9.21 Å². The molecule has 3 aliphatic rings. The predicted octanol–water partition coefficient (Wildman–Crippen LogP) is 4.01. The molecule has 2 saturated heterocycles. The molecule has 0 radical (unpaired) electrons. The predicted molar refractivity (Wildman–Crippen MR) is 148 cm³/mol. The van der Waals surface area contributed by atoms with Crippen LogP contribution in [0.1, 0.15) is 56.6 Å². The van der Waals surface area contributed by atoms with Gasteiger partial charge in [-0.1, -0.05) is 18.6 Å².